The summed E-state index contributed by atoms with van der Waals surface area (Å²) in [5, 5.41) is 0. The Kier molecular flexibility index (Phi) is 11.3. The standard InChI is InChI=1S/C35H47NO4.C27H45NO2/c1-20-11-16-35(39-19-20)21(2)30-29(40-35)18-28-26-10-9-22-17-23(12-14-33(22,3)27(26)13-15-34(28,30)4)36-31(37)24-7-5-6-8-25(24)32(36)38;1-16-7-12-27(29-15-16)17(2)24-23(30-27)14-22-20-6-5-18-13-19(28)8-10-25(18,3)21(20)9-11-26(22,24)4/h5-8,20-23,26-30H,9-19H2,1-4H3;16-24H,5-15,28H2,1-4H3/t20-,21-,22+,23-,26+,27-,28-,29-,30-,33-,34-,35+;16-,17-,18+,19-,20+,21-,22-,23-,24-,25-,26-,27+/m00/s1. The zero-order chi connectivity index (χ0) is 48.5. The number of nitrogens with two attached hydrogens (primary N) is 1. The zero-order valence-corrected chi connectivity index (χ0v) is 44.7. The summed E-state index contributed by atoms with van der Waals surface area (Å²) in [7, 11) is 0. The zero-order valence-electron chi connectivity index (χ0n) is 44.7. The van der Waals surface area contributed by atoms with Crippen LogP contribution in [0.25, 0.3) is 0 Å². The van der Waals surface area contributed by atoms with Gasteiger partial charge in [0.1, 0.15) is 0 Å². The summed E-state index contributed by atoms with van der Waals surface area (Å²) in [4.78, 5) is 28.2. The summed E-state index contributed by atoms with van der Waals surface area (Å²) < 4.78 is 26.9. The largest absolute Gasteiger partial charge is 0.349 e. The first-order chi connectivity index (χ1) is 33.4. The second-order valence-corrected chi connectivity index (χ2v) is 28.8. The van der Waals surface area contributed by atoms with Crippen molar-refractivity contribution in [3.8, 4) is 0 Å². The van der Waals surface area contributed by atoms with Crippen molar-refractivity contribution in [2.24, 2.45) is 110 Å². The minimum absolute atomic E-state index is 0.0466. The molecule has 8 aliphatic carbocycles. The molecule has 24 atom stereocenters. The van der Waals surface area contributed by atoms with Gasteiger partial charge in [0.15, 0.2) is 11.6 Å². The summed E-state index contributed by atoms with van der Waals surface area (Å²) in [5.74, 6) is 9.36. The van der Waals surface area contributed by atoms with Crippen molar-refractivity contribution in [1.82, 2.24) is 4.90 Å². The molecule has 0 bridgehead atoms. The van der Waals surface area contributed by atoms with Gasteiger partial charge in [-0.3, -0.25) is 14.5 Å². The Morgan fingerprint density at radius 1 is 0.514 bits per heavy atom. The van der Waals surface area contributed by atoms with Crippen molar-refractivity contribution in [2.45, 2.75) is 220 Å². The molecule has 5 aliphatic heterocycles. The number of ether oxygens (including phenoxy) is 4. The van der Waals surface area contributed by atoms with Crippen LogP contribution < -0.4 is 5.73 Å². The third-order valence-corrected chi connectivity index (χ3v) is 26.1. The lowest BCUT2D eigenvalue weighted by atomic mass is 9.44. The monoisotopic (exact) mass is 961 g/mol. The number of carbonyl (C=O) groups excluding carboxylic acids is 2. The highest BCUT2D eigenvalue weighted by molar-refractivity contribution is 6.21. The number of hydrogen-bond acceptors (Lipinski definition) is 7. The van der Waals surface area contributed by atoms with Crippen LogP contribution in [-0.2, 0) is 18.9 Å². The number of rotatable bonds is 1. The number of amides is 2. The predicted molar refractivity (Wildman–Crippen MR) is 272 cm³/mol. The maximum Gasteiger partial charge on any atom is 0.261 e. The molecule has 13 aliphatic rings. The Hall–Kier alpha value is -1.84. The molecular formula is C62H92N2O6. The Bertz CT molecular complexity index is 2180. The predicted octanol–water partition coefficient (Wildman–Crippen LogP) is 12.9. The van der Waals surface area contributed by atoms with E-state index in [4.69, 9.17) is 24.7 Å². The molecule has 2 N–H and O–H groups in total. The van der Waals surface area contributed by atoms with Crippen LogP contribution >= 0.6 is 0 Å². The highest BCUT2D eigenvalue weighted by Crippen LogP contribution is 2.73. The molecule has 0 radical (unpaired) electrons. The van der Waals surface area contributed by atoms with Gasteiger partial charge < -0.3 is 24.7 Å². The van der Waals surface area contributed by atoms with Crippen molar-refractivity contribution in [3.63, 3.8) is 0 Å². The van der Waals surface area contributed by atoms with Gasteiger partial charge in [0, 0.05) is 36.8 Å². The quantitative estimate of drug-likeness (QED) is 0.280. The van der Waals surface area contributed by atoms with Crippen LogP contribution in [0.1, 0.15) is 205 Å². The smallest absolute Gasteiger partial charge is 0.261 e. The number of benzene rings is 1. The summed E-state index contributed by atoms with van der Waals surface area (Å²) in [6, 6.07) is 7.88. The van der Waals surface area contributed by atoms with Crippen LogP contribution in [0.5, 0.6) is 0 Å². The summed E-state index contributed by atoms with van der Waals surface area (Å²) in [6.07, 6.45) is 25.8. The Balaban J connectivity index is 0.000000143. The first kappa shape index (κ1) is 47.8. The molecule has 8 heteroatoms. The third-order valence-electron chi connectivity index (χ3n) is 26.1. The van der Waals surface area contributed by atoms with E-state index in [9.17, 15) is 9.59 Å². The lowest BCUT2D eigenvalue weighted by molar-refractivity contribution is -0.273. The van der Waals surface area contributed by atoms with Gasteiger partial charge in [-0.2, -0.15) is 0 Å². The van der Waals surface area contributed by atoms with Crippen LogP contribution in [0.15, 0.2) is 24.3 Å². The minimum Gasteiger partial charge on any atom is -0.349 e. The van der Waals surface area contributed by atoms with Gasteiger partial charge in [0.2, 0.25) is 0 Å². The van der Waals surface area contributed by atoms with E-state index < -0.39 is 0 Å². The second-order valence-electron chi connectivity index (χ2n) is 28.8. The number of imide groups is 1. The normalized spacial score (nSPS) is 56.1. The van der Waals surface area contributed by atoms with Crippen LogP contribution in [0.4, 0.5) is 0 Å². The lowest BCUT2D eigenvalue weighted by Crippen LogP contribution is -2.56. The van der Waals surface area contributed by atoms with E-state index in [1.54, 1.807) is 4.90 Å². The number of nitrogens with zero attached hydrogens (tertiary/aromatic N) is 1. The first-order valence-corrected chi connectivity index (χ1v) is 29.8. The summed E-state index contributed by atoms with van der Waals surface area (Å²) in [5.41, 5.74) is 9.25. The minimum atomic E-state index is -0.335. The molecule has 1 aromatic rings. The molecule has 12 fully saturated rings. The average molecular weight is 961 g/mol. The molecule has 14 rings (SSSR count). The van der Waals surface area contributed by atoms with Gasteiger partial charge in [0.05, 0.1) is 36.5 Å². The molecule has 70 heavy (non-hydrogen) atoms. The van der Waals surface area contributed by atoms with Crippen LogP contribution in [0.2, 0.25) is 0 Å². The van der Waals surface area contributed by atoms with E-state index in [1.165, 1.54) is 96.3 Å². The summed E-state index contributed by atoms with van der Waals surface area (Å²) >= 11 is 0. The summed E-state index contributed by atoms with van der Waals surface area (Å²) in [6.45, 7) is 21.8. The van der Waals surface area contributed by atoms with Gasteiger partial charge >= 0.3 is 0 Å². The fourth-order valence-corrected chi connectivity index (χ4v) is 22.3. The Morgan fingerprint density at radius 2 is 0.971 bits per heavy atom. The van der Waals surface area contributed by atoms with E-state index in [-0.39, 0.29) is 29.4 Å². The van der Waals surface area contributed by atoms with E-state index >= 15 is 0 Å². The molecule has 2 amide bonds. The van der Waals surface area contributed by atoms with E-state index in [2.05, 4.69) is 55.4 Å². The third kappa shape index (κ3) is 6.67. The van der Waals surface area contributed by atoms with Crippen molar-refractivity contribution in [2.75, 3.05) is 13.2 Å². The molecule has 2 spiro atoms. The van der Waals surface area contributed by atoms with Crippen molar-refractivity contribution >= 4 is 11.8 Å². The molecule has 1 aromatic carbocycles. The van der Waals surface area contributed by atoms with Gasteiger partial charge in [-0.1, -0.05) is 67.5 Å². The molecule has 5 heterocycles. The number of hydrogen-bond donors (Lipinski definition) is 1. The SMILES string of the molecule is C[C@H]1CC[C@@]2(OC1)O[C@H]1C[C@H]3[C@@H]4CC[C@@H]5C[C@@H](N)CC[C@]5(C)[C@H]4CC[C@]3(C)[C@H]1[C@@H]2C.C[C@H]1CC[C@@]2(OC1)O[C@H]1C[C@H]3[C@@H]4CC[C@@H]5C[C@@H](N6C(=O)c7ccccc7C6=O)CC[C@]5(C)[C@H]4CC[C@]3(C)[C@H]1[C@@H]2C. The molecule has 8 saturated carbocycles. The topological polar surface area (TPSA) is 100 Å². The molecule has 8 nitrogen and oxygen atoms in total. The number of carbonyl (C=O) groups is 2. The van der Waals surface area contributed by atoms with Gasteiger partial charge in [-0.25, -0.2) is 0 Å². The van der Waals surface area contributed by atoms with Crippen molar-refractivity contribution in [3.05, 3.63) is 35.4 Å². The molecule has 0 unspecified atom stereocenters. The van der Waals surface area contributed by atoms with Crippen molar-refractivity contribution < 1.29 is 28.5 Å². The van der Waals surface area contributed by atoms with Gasteiger partial charge in [-0.15, -0.1) is 0 Å². The lowest BCUT2D eigenvalue weighted by Gasteiger charge is -2.61. The van der Waals surface area contributed by atoms with Crippen LogP contribution in [0, 0.1) is 105 Å². The maximum absolute atomic E-state index is 13.3. The first-order valence-electron chi connectivity index (χ1n) is 29.8. The average Bonchev–Trinajstić information content (AvgIpc) is 4.06. The Morgan fingerprint density at radius 3 is 1.44 bits per heavy atom. The van der Waals surface area contributed by atoms with Crippen LogP contribution in [0.3, 0.4) is 0 Å². The fraction of sp³-hybridized carbons (Fsp3) is 0.871. The van der Waals surface area contributed by atoms with E-state index in [0.717, 1.165) is 86.7 Å². The van der Waals surface area contributed by atoms with E-state index in [1.807, 2.05) is 24.3 Å². The van der Waals surface area contributed by atoms with Gasteiger partial charge in [0.25, 0.3) is 11.8 Å². The highest BCUT2D eigenvalue weighted by Gasteiger charge is 2.71. The molecular weight excluding hydrogens is 869 g/mol. The molecule has 0 aromatic heterocycles. The molecule has 4 saturated heterocycles. The number of fused-ring (bicyclic) bond motifs is 15. The van der Waals surface area contributed by atoms with E-state index in [0.29, 0.717) is 92.5 Å². The molecule has 386 valence electrons. The maximum atomic E-state index is 13.3. The van der Waals surface area contributed by atoms with Gasteiger partial charge in [-0.05, 0) is 220 Å². The second kappa shape index (κ2) is 16.6. The fourth-order valence-electron chi connectivity index (χ4n) is 22.3. The Labute approximate surface area is 422 Å². The van der Waals surface area contributed by atoms with Crippen LogP contribution in [-0.4, -0.2) is 65.8 Å². The highest BCUT2D eigenvalue weighted by atomic mass is 16.7. The van der Waals surface area contributed by atoms with Crippen molar-refractivity contribution in [1.29, 1.82) is 0 Å².